The summed E-state index contributed by atoms with van der Waals surface area (Å²) in [5.41, 5.74) is 6.65. The summed E-state index contributed by atoms with van der Waals surface area (Å²) in [5.74, 6) is 0. The average molecular weight is 551 g/mol. The van der Waals surface area contributed by atoms with E-state index in [-0.39, 0.29) is 6.04 Å². The van der Waals surface area contributed by atoms with Crippen LogP contribution >= 0.6 is 0 Å². The summed E-state index contributed by atoms with van der Waals surface area (Å²) in [5, 5.41) is 13.8. The largest absolute Gasteiger partial charge is 0.372 e. The minimum absolute atomic E-state index is 0.177. The van der Waals surface area contributed by atoms with E-state index in [9.17, 15) is 0 Å². The lowest BCUT2D eigenvalue weighted by Gasteiger charge is -2.25. The first kappa shape index (κ1) is 25.3. The highest BCUT2D eigenvalue weighted by molar-refractivity contribution is 6.01. The van der Waals surface area contributed by atoms with E-state index in [0.717, 1.165) is 22.6 Å². The van der Waals surface area contributed by atoms with Gasteiger partial charge in [-0.1, -0.05) is 127 Å². The molecule has 0 bridgehead atoms. The Hall–Kier alpha value is -5.47. The molecule has 8 rings (SSSR count). The lowest BCUT2D eigenvalue weighted by Crippen LogP contribution is -2.16. The second kappa shape index (κ2) is 10.4. The van der Waals surface area contributed by atoms with Crippen molar-refractivity contribution >= 4 is 48.8 Å². The summed E-state index contributed by atoms with van der Waals surface area (Å²) in [6.07, 6.45) is 0. The summed E-state index contributed by atoms with van der Waals surface area (Å²) in [4.78, 5) is 5.38. The van der Waals surface area contributed by atoms with Crippen LogP contribution in [0, 0.1) is 6.92 Å². The molecular formula is C41H30N2. The molecule has 0 radical (unpaired) electrons. The number of nitrogens with zero attached hydrogens (tertiary/aromatic N) is 1. The number of aryl methyl sites for hydroxylation is 1. The van der Waals surface area contributed by atoms with Crippen LogP contribution in [-0.2, 0) is 0 Å². The number of rotatable bonds is 5. The highest BCUT2D eigenvalue weighted by atomic mass is 15.0. The maximum atomic E-state index is 5.38. The van der Waals surface area contributed by atoms with Crippen molar-refractivity contribution < 1.29 is 0 Å². The molecule has 0 amide bonds. The van der Waals surface area contributed by atoms with Gasteiger partial charge in [-0.25, -0.2) is 0 Å². The number of hydrogen-bond acceptors (Lipinski definition) is 2. The predicted octanol–water partition coefficient (Wildman–Crippen LogP) is 10.9. The summed E-state index contributed by atoms with van der Waals surface area (Å²) in [7, 11) is 0. The van der Waals surface area contributed by atoms with Crippen molar-refractivity contribution in [1.82, 2.24) is 4.98 Å². The van der Waals surface area contributed by atoms with Gasteiger partial charge in [-0.3, -0.25) is 4.98 Å². The molecule has 0 spiro atoms. The van der Waals surface area contributed by atoms with Gasteiger partial charge in [0.2, 0.25) is 0 Å². The van der Waals surface area contributed by atoms with Crippen LogP contribution in [0.2, 0.25) is 0 Å². The first-order valence-electron chi connectivity index (χ1n) is 14.8. The van der Waals surface area contributed by atoms with Crippen LogP contribution in [0.1, 0.15) is 22.9 Å². The van der Waals surface area contributed by atoms with Crippen LogP contribution in [0.3, 0.4) is 0 Å². The SMILES string of the molecule is Cc1ccc2ccccc2c1NC(c1cccc(-c2cccc3ccccc23)n1)c1cccc2cc3ccccc3cc12. The number of hydrogen-bond donors (Lipinski definition) is 1. The molecule has 8 aromatic rings. The van der Waals surface area contributed by atoms with Crippen molar-refractivity contribution in [2.45, 2.75) is 13.0 Å². The van der Waals surface area contributed by atoms with Crippen molar-refractivity contribution in [3.8, 4) is 11.3 Å². The molecule has 43 heavy (non-hydrogen) atoms. The minimum atomic E-state index is -0.177. The maximum absolute atomic E-state index is 5.38. The molecule has 1 atom stereocenters. The maximum Gasteiger partial charge on any atom is 0.0946 e. The van der Waals surface area contributed by atoms with Gasteiger partial charge in [-0.05, 0) is 80.0 Å². The highest BCUT2D eigenvalue weighted by Crippen LogP contribution is 2.38. The third-order valence-electron chi connectivity index (χ3n) is 8.65. The van der Waals surface area contributed by atoms with Crippen LogP contribution in [-0.4, -0.2) is 4.98 Å². The molecule has 1 heterocycles. The van der Waals surface area contributed by atoms with Gasteiger partial charge in [0.15, 0.2) is 0 Å². The first-order valence-corrected chi connectivity index (χ1v) is 14.8. The molecule has 2 nitrogen and oxygen atoms in total. The van der Waals surface area contributed by atoms with E-state index in [1.807, 2.05) is 0 Å². The Labute approximate surface area is 251 Å². The Morgan fingerprint density at radius 2 is 1.12 bits per heavy atom. The number of nitrogens with one attached hydrogen (secondary N) is 1. The quantitative estimate of drug-likeness (QED) is 0.216. The average Bonchev–Trinajstić information content (AvgIpc) is 3.06. The number of pyridine rings is 1. The lowest BCUT2D eigenvalue weighted by atomic mass is 9.93. The van der Waals surface area contributed by atoms with Gasteiger partial charge in [0.25, 0.3) is 0 Å². The Balaban J connectivity index is 1.36. The second-order valence-electron chi connectivity index (χ2n) is 11.3. The van der Waals surface area contributed by atoms with E-state index in [0.29, 0.717) is 0 Å². The fraction of sp³-hybridized carbons (Fsp3) is 0.0488. The normalized spacial score (nSPS) is 12.2. The van der Waals surface area contributed by atoms with Gasteiger partial charge >= 0.3 is 0 Å². The van der Waals surface area contributed by atoms with E-state index >= 15 is 0 Å². The number of fused-ring (bicyclic) bond motifs is 4. The van der Waals surface area contributed by atoms with Gasteiger partial charge in [0.1, 0.15) is 0 Å². The molecule has 204 valence electrons. The van der Waals surface area contributed by atoms with Crippen molar-refractivity contribution in [2.24, 2.45) is 0 Å². The zero-order valence-corrected chi connectivity index (χ0v) is 24.0. The van der Waals surface area contributed by atoms with Gasteiger partial charge in [-0.2, -0.15) is 0 Å². The Kier molecular flexibility index (Phi) is 6.12. The number of aromatic nitrogens is 1. The van der Waals surface area contributed by atoms with Gasteiger partial charge in [0, 0.05) is 16.6 Å². The standard InChI is InChI=1S/C41H30N2/c1-27-23-24-29-12-5-7-18-34(29)40(27)43-41(36-20-9-16-32-25-30-13-2-3-14-31(30)26-37(32)36)39-22-10-21-38(42-39)35-19-8-15-28-11-4-6-17-33(28)35/h2-26,41,43H,1H3. The van der Waals surface area contributed by atoms with Crippen LogP contribution < -0.4 is 5.32 Å². The van der Waals surface area contributed by atoms with E-state index in [4.69, 9.17) is 4.98 Å². The number of benzene rings is 7. The monoisotopic (exact) mass is 550 g/mol. The van der Waals surface area contributed by atoms with E-state index in [1.165, 1.54) is 54.2 Å². The second-order valence-corrected chi connectivity index (χ2v) is 11.3. The zero-order valence-electron chi connectivity index (χ0n) is 24.0. The molecule has 1 unspecified atom stereocenters. The summed E-state index contributed by atoms with van der Waals surface area (Å²) >= 11 is 0. The zero-order chi connectivity index (χ0) is 28.8. The molecule has 0 aliphatic carbocycles. The molecular weight excluding hydrogens is 520 g/mol. The molecule has 0 fully saturated rings. The Morgan fingerprint density at radius 3 is 1.95 bits per heavy atom. The van der Waals surface area contributed by atoms with Crippen molar-refractivity contribution in [2.75, 3.05) is 5.32 Å². The third-order valence-corrected chi connectivity index (χ3v) is 8.65. The topological polar surface area (TPSA) is 24.9 Å². The highest BCUT2D eigenvalue weighted by Gasteiger charge is 2.21. The summed E-state index contributed by atoms with van der Waals surface area (Å²) in [6, 6.07) is 54.1. The van der Waals surface area contributed by atoms with Crippen molar-refractivity contribution in [3.63, 3.8) is 0 Å². The molecule has 0 saturated carbocycles. The van der Waals surface area contributed by atoms with Crippen molar-refractivity contribution in [3.05, 3.63) is 168 Å². The molecule has 0 aliphatic rings. The summed E-state index contributed by atoms with van der Waals surface area (Å²) < 4.78 is 0. The fourth-order valence-electron chi connectivity index (χ4n) is 6.48. The summed E-state index contributed by atoms with van der Waals surface area (Å²) in [6.45, 7) is 2.18. The van der Waals surface area contributed by atoms with Gasteiger partial charge < -0.3 is 5.32 Å². The Bertz CT molecular complexity index is 2290. The Morgan fingerprint density at radius 1 is 0.488 bits per heavy atom. The molecule has 1 N–H and O–H groups in total. The van der Waals surface area contributed by atoms with Crippen LogP contribution in [0.15, 0.2) is 152 Å². The number of anilines is 1. The predicted molar refractivity (Wildman–Crippen MR) is 183 cm³/mol. The van der Waals surface area contributed by atoms with E-state index in [2.05, 4.69) is 164 Å². The van der Waals surface area contributed by atoms with E-state index < -0.39 is 0 Å². The molecule has 0 saturated heterocycles. The molecule has 7 aromatic carbocycles. The molecule has 1 aromatic heterocycles. The van der Waals surface area contributed by atoms with Crippen LogP contribution in [0.25, 0.3) is 54.3 Å². The van der Waals surface area contributed by atoms with Gasteiger partial charge in [-0.15, -0.1) is 0 Å². The third kappa shape index (κ3) is 4.49. The minimum Gasteiger partial charge on any atom is -0.372 e. The fourth-order valence-corrected chi connectivity index (χ4v) is 6.48. The molecule has 0 aliphatic heterocycles. The van der Waals surface area contributed by atoms with Gasteiger partial charge in [0.05, 0.1) is 17.4 Å². The van der Waals surface area contributed by atoms with Crippen LogP contribution in [0.4, 0.5) is 5.69 Å². The van der Waals surface area contributed by atoms with Crippen LogP contribution in [0.5, 0.6) is 0 Å². The van der Waals surface area contributed by atoms with Crippen molar-refractivity contribution in [1.29, 1.82) is 0 Å². The smallest absolute Gasteiger partial charge is 0.0946 e. The first-order chi connectivity index (χ1) is 21.2. The lowest BCUT2D eigenvalue weighted by molar-refractivity contribution is 0.898. The molecule has 2 heteroatoms. The van der Waals surface area contributed by atoms with E-state index in [1.54, 1.807) is 0 Å².